The summed E-state index contributed by atoms with van der Waals surface area (Å²) in [5, 5.41) is 11.0. The summed E-state index contributed by atoms with van der Waals surface area (Å²) in [5.41, 5.74) is 1.66. The molecular formula is C18H23FN4O. The van der Waals surface area contributed by atoms with Gasteiger partial charge in [0.25, 0.3) is 5.91 Å². The molecule has 3 rings (SSSR count). The van der Waals surface area contributed by atoms with Gasteiger partial charge in [-0.1, -0.05) is 30.9 Å². The summed E-state index contributed by atoms with van der Waals surface area (Å²) in [6, 6.07) is 5.96. The highest BCUT2D eigenvalue weighted by Gasteiger charge is 2.19. The summed E-state index contributed by atoms with van der Waals surface area (Å²) < 4.78 is 14.6. The third-order valence-corrected chi connectivity index (χ3v) is 4.71. The minimum Gasteiger partial charge on any atom is -0.350 e. The van der Waals surface area contributed by atoms with Crippen LogP contribution in [0.5, 0.6) is 0 Å². The zero-order valence-corrected chi connectivity index (χ0v) is 14.0. The van der Waals surface area contributed by atoms with Crippen LogP contribution >= 0.6 is 0 Å². The smallest absolute Gasteiger partial charge is 0.273 e. The second kappa shape index (κ2) is 7.55. The van der Waals surface area contributed by atoms with E-state index in [-0.39, 0.29) is 11.7 Å². The van der Waals surface area contributed by atoms with Crippen LogP contribution in [0.4, 0.5) is 4.39 Å². The molecule has 5 nitrogen and oxygen atoms in total. The predicted molar refractivity (Wildman–Crippen MR) is 89.6 cm³/mol. The second-order valence-electron chi connectivity index (χ2n) is 6.48. The van der Waals surface area contributed by atoms with E-state index in [1.54, 1.807) is 23.7 Å². The highest BCUT2D eigenvalue weighted by Crippen LogP contribution is 2.22. The van der Waals surface area contributed by atoms with E-state index in [4.69, 9.17) is 0 Å². The quantitative estimate of drug-likeness (QED) is 0.874. The molecule has 1 saturated carbocycles. The molecule has 24 heavy (non-hydrogen) atoms. The lowest BCUT2D eigenvalue weighted by Gasteiger charge is -2.14. The summed E-state index contributed by atoms with van der Waals surface area (Å²) in [4.78, 5) is 12.4. The number of aromatic nitrogens is 3. The van der Waals surface area contributed by atoms with E-state index in [2.05, 4.69) is 15.6 Å². The van der Waals surface area contributed by atoms with Gasteiger partial charge in [0, 0.05) is 6.54 Å². The van der Waals surface area contributed by atoms with Crippen molar-refractivity contribution >= 4 is 5.91 Å². The number of carbonyl (C=O) groups excluding carboxylic acids is 1. The van der Waals surface area contributed by atoms with Gasteiger partial charge in [0.05, 0.1) is 11.4 Å². The maximum atomic E-state index is 13.0. The molecular weight excluding hydrogens is 307 g/mol. The van der Waals surface area contributed by atoms with Gasteiger partial charge in [-0.15, -0.1) is 5.10 Å². The molecule has 0 unspecified atom stereocenters. The third kappa shape index (κ3) is 3.80. The van der Waals surface area contributed by atoms with Crippen LogP contribution < -0.4 is 5.32 Å². The molecule has 1 amide bonds. The highest BCUT2D eigenvalue weighted by molar-refractivity contribution is 5.93. The normalized spacial score (nSPS) is 15.9. The standard InChI is InChI=1S/C18H23FN4O/c1-13-17(18(24)20-12-14-6-4-2-3-5-7-14)21-22-23(13)16-10-8-15(19)9-11-16/h8-11,14H,2-7,12H2,1H3,(H,20,24). The van der Waals surface area contributed by atoms with Crippen molar-refractivity contribution in [2.45, 2.75) is 45.4 Å². The molecule has 128 valence electrons. The Morgan fingerprint density at radius 1 is 1.21 bits per heavy atom. The van der Waals surface area contributed by atoms with Crippen LogP contribution in [0, 0.1) is 18.7 Å². The van der Waals surface area contributed by atoms with Crippen LogP contribution in [0.3, 0.4) is 0 Å². The fourth-order valence-electron chi connectivity index (χ4n) is 3.26. The molecule has 0 radical (unpaired) electrons. The zero-order valence-electron chi connectivity index (χ0n) is 14.0. The van der Waals surface area contributed by atoms with Crippen molar-refractivity contribution in [3.8, 4) is 5.69 Å². The van der Waals surface area contributed by atoms with Gasteiger partial charge in [-0.3, -0.25) is 4.79 Å². The Labute approximate surface area is 141 Å². The van der Waals surface area contributed by atoms with E-state index in [1.807, 2.05) is 0 Å². The Kier molecular flexibility index (Phi) is 5.23. The average molecular weight is 330 g/mol. The van der Waals surface area contributed by atoms with Crippen molar-refractivity contribution in [1.82, 2.24) is 20.3 Å². The topological polar surface area (TPSA) is 59.8 Å². The number of hydrogen-bond acceptors (Lipinski definition) is 3. The molecule has 1 N–H and O–H groups in total. The van der Waals surface area contributed by atoms with Crippen LogP contribution in [-0.2, 0) is 0 Å². The Morgan fingerprint density at radius 3 is 2.54 bits per heavy atom. The van der Waals surface area contributed by atoms with E-state index < -0.39 is 0 Å². The number of carbonyl (C=O) groups is 1. The van der Waals surface area contributed by atoms with Crippen molar-refractivity contribution in [1.29, 1.82) is 0 Å². The van der Waals surface area contributed by atoms with Crippen molar-refractivity contribution in [2.24, 2.45) is 5.92 Å². The van der Waals surface area contributed by atoms with E-state index in [1.165, 1.54) is 50.7 Å². The second-order valence-corrected chi connectivity index (χ2v) is 6.48. The van der Waals surface area contributed by atoms with Gasteiger partial charge in [-0.25, -0.2) is 9.07 Å². The molecule has 0 bridgehead atoms. The molecule has 1 aromatic heterocycles. The van der Waals surface area contributed by atoms with Gasteiger partial charge >= 0.3 is 0 Å². The predicted octanol–water partition coefficient (Wildman–Crippen LogP) is 3.42. The Hall–Kier alpha value is -2.24. The minimum absolute atomic E-state index is 0.190. The minimum atomic E-state index is -0.308. The summed E-state index contributed by atoms with van der Waals surface area (Å²) in [5.74, 6) is 0.0619. The monoisotopic (exact) mass is 330 g/mol. The number of nitrogens with zero attached hydrogens (tertiary/aromatic N) is 3. The van der Waals surface area contributed by atoms with Crippen LogP contribution in [0.25, 0.3) is 5.69 Å². The van der Waals surface area contributed by atoms with Crippen LogP contribution in [0.2, 0.25) is 0 Å². The third-order valence-electron chi connectivity index (χ3n) is 4.71. The highest BCUT2D eigenvalue weighted by atomic mass is 19.1. The van der Waals surface area contributed by atoms with Gasteiger partial charge in [0.1, 0.15) is 5.82 Å². The molecule has 0 spiro atoms. The van der Waals surface area contributed by atoms with Gasteiger partial charge in [0.15, 0.2) is 5.69 Å². The molecule has 0 aliphatic heterocycles. The fraction of sp³-hybridized carbons (Fsp3) is 0.500. The van der Waals surface area contributed by atoms with Crippen molar-refractivity contribution in [2.75, 3.05) is 6.54 Å². The van der Waals surface area contributed by atoms with E-state index in [9.17, 15) is 9.18 Å². The van der Waals surface area contributed by atoms with E-state index >= 15 is 0 Å². The van der Waals surface area contributed by atoms with Gasteiger partial charge in [-0.05, 0) is 49.9 Å². The van der Waals surface area contributed by atoms with Crippen molar-refractivity contribution in [3.63, 3.8) is 0 Å². The molecule has 2 aromatic rings. The molecule has 1 heterocycles. The first-order chi connectivity index (χ1) is 11.6. The largest absolute Gasteiger partial charge is 0.350 e. The first-order valence-electron chi connectivity index (χ1n) is 8.61. The Balaban J connectivity index is 1.66. The van der Waals surface area contributed by atoms with Crippen LogP contribution in [0.1, 0.15) is 54.7 Å². The summed E-state index contributed by atoms with van der Waals surface area (Å²) in [7, 11) is 0. The Morgan fingerprint density at radius 2 is 1.88 bits per heavy atom. The molecule has 0 atom stereocenters. The summed E-state index contributed by atoms with van der Waals surface area (Å²) in [6.07, 6.45) is 7.47. The maximum absolute atomic E-state index is 13.0. The summed E-state index contributed by atoms with van der Waals surface area (Å²) in [6.45, 7) is 2.49. The molecule has 0 saturated heterocycles. The van der Waals surface area contributed by atoms with E-state index in [0.717, 1.165) is 0 Å². The molecule has 1 fully saturated rings. The lowest BCUT2D eigenvalue weighted by Crippen LogP contribution is -2.30. The number of rotatable bonds is 4. The lowest BCUT2D eigenvalue weighted by molar-refractivity contribution is 0.0940. The van der Waals surface area contributed by atoms with Gasteiger partial charge < -0.3 is 5.32 Å². The van der Waals surface area contributed by atoms with Crippen molar-refractivity contribution < 1.29 is 9.18 Å². The maximum Gasteiger partial charge on any atom is 0.273 e. The van der Waals surface area contributed by atoms with Crippen LogP contribution in [0.15, 0.2) is 24.3 Å². The van der Waals surface area contributed by atoms with Gasteiger partial charge in [0.2, 0.25) is 0 Å². The molecule has 1 aliphatic rings. The number of hydrogen-bond donors (Lipinski definition) is 1. The first kappa shape index (κ1) is 16.6. The van der Waals surface area contributed by atoms with Gasteiger partial charge in [-0.2, -0.15) is 0 Å². The lowest BCUT2D eigenvalue weighted by atomic mass is 10.0. The van der Waals surface area contributed by atoms with Crippen molar-refractivity contribution in [3.05, 3.63) is 41.5 Å². The Bertz CT molecular complexity index is 688. The number of amides is 1. The summed E-state index contributed by atoms with van der Waals surface area (Å²) >= 11 is 0. The molecule has 6 heteroatoms. The average Bonchev–Trinajstić information content (AvgIpc) is 2.80. The molecule has 1 aliphatic carbocycles. The fourth-order valence-corrected chi connectivity index (χ4v) is 3.26. The SMILES string of the molecule is Cc1c(C(=O)NCC2CCCCCC2)nnn1-c1ccc(F)cc1. The number of halogens is 1. The van der Waals surface area contributed by atoms with Crippen LogP contribution in [-0.4, -0.2) is 27.4 Å². The first-order valence-corrected chi connectivity index (χ1v) is 8.61. The number of benzene rings is 1. The zero-order chi connectivity index (χ0) is 16.9. The molecule has 1 aromatic carbocycles. The van der Waals surface area contributed by atoms with E-state index in [0.29, 0.717) is 29.5 Å². The number of nitrogens with one attached hydrogen (secondary N) is 1.